The predicted molar refractivity (Wildman–Crippen MR) is 67.8 cm³/mol. The zero-order valence-corrected chi connectivity index (χ0v) is 9.89. The molecule has 1 radical (unpaired) electrons. The van der Waals surface area contributed by atoms with E-state index in [2.05, 4.69) is 25.1 Å². The molecule has 1 aliphatic rings. The summed E-state index contributed by atoms with van der Waals surface area (Å²) in [5.41, 5.74) is 1.34. The van der Waals surface area contributed by atoms with Crippen LogP contribution in [0.4, 0.5) is 0 Å². The van der Waals surface area contributed by atoms with Gasteiger partial charge in [0, 0.05) is 6.08 Å². The van der Waals surface area contributed by atoms with E-state index in [9.17, 15) is 4.79 Å². The molecule has 0 aliphatic heterocycles. The topological polar surface area (TPSA) is 26.3 Å². The molecular formula is C15H17O2. The van der Waals surface area contributed by atoms with Gasteiger partial charge in [0.05, 0.1) is 0 Å². The molecule has 17 heavy (non-hydrogen) atoms. The van der Waals surface area contributed by atoms with Gasteiger partial charge in [-0.2, -0.15) is 0 Å². The van der Waals surface area contributed by atoms with Crippen LogP contribution in [-0.4, -0.2) is 5.97 Å². The van der Waals surface area contributed by atoms with Gasteiger partial charge in [-0.15, -0.1) is 0 Å². The maximum atomic E-state index is 11.0. The Morgan fingerprint density at radius 2 is 1.88 bits per heavy atom. The monoisotopic (exact) mass is 229 g/mol. The molecule has 0 amide bonds. The first kappa shape index (κ1) is 11.9. The van der Waals surface area contributed by atoms with Crippen molar-refractivity contribution in [1.29, 1.82) is 0 Å². The van der Waals surface area contributed by atoms with E-state index >= 15 is 0 Å². The summed E-state index contributed by atoms with van der Waals surface area (Å²) < 4.78 is 5.04. The molecule has 0 bridgehead atoms. The minimum Gasteiger partial charge on any atom is -0.423 e. The van der Waals surface area contributed by atoms with Gasteiger partial charge in [0.15, 0.2) is 0 Å². The molecule has 0 heterocycles. The van der Waals surface area contributed by atoms with Crippen LogP contribution in [0.25, 0.3) is 0 Å². The Labute approximate surface area is 102 Å². The summed E-state index contributed by atoms with van der Waals surface area (Å²) in [6, 6.07) is 7.83. The summed E-state index contributed by atoms with van der Waals surface area (Å²) in [4.78, 5) is 11.0. The molecule has 0 saturated heterocycles. The van der Waals surface area contributed by atoms with Crippen molar-refractivity contribution in [2.75, 3.05) is 0 Å². The molecule has 0 unspecified atom stereocenters. The molecular weight excluding hydrogens is 212 g/mol. The minimum absolute atomic E-state index is 0.412. The maximum Gasteiger partial charge on any atom is 0.335 e. The molecule has 2 nitrogen and oxygen atoms in total. The van der Waals surface area contributed by atoms with E-state index in [1.807, 2.05) is 12.1 Å². The van der Waals surface area contributed by atoms with Crippen LogP contribution in [0.5, 0.6) is 5.75 Å². The first-order valence-electron chi connectivity index (χ1n) is 6.05. The molecule has 2 rings (SSSR count). The largest absolute Gasteiger partial charge is 0.423 e. The Bertz CT molecular complexity index is 386. The quantitative estimate of drug-likeness (QED) is 0.449. The number of benzene rings is 1. The van der Waals surface area contributed by atoms with Gasteiger partial charge in [-0.1, -0.05) is 18.7 Å². The third kappa shape index (κ3) is 3.19. The van der Waals surface area contributed by atoms with Crippen LogP contribution in [-0.2, 0) is 4.79 Å². The molecule has 1 saturated carbocycles. The molecule has 89 valence electrons. The molecule has 2 heteroatoms. The Morgan fingerprint density at radius 3 is 2.47 bits per heavy atom. The van der Waals surface area contributed by atoms with Crippen molar-refractivity contribution in [2.45, 2.75) is 31.6 Å². The second-order valence-electron chi connectivity index (χ2n) is 4.33. The SMILES string of the molecule is C=CC(=O)Oc1ccc(C2CC[CH]CC2)cc1. The third-order valence-corrected chi connectivity index (χ3v) is 3.18. The summed E-state index contributed by atoms with van der Waals surface area (Å²) >= 11 is 0. The normalized spacial score (nSPS) is 16.5. The van der Waals surface area contributed by atoms with Gasteiger partial charge in [-0.05, 0) is 55.7 Å². The van der Waals surface area contributed by atoms with Crippen LogP contribution in [0.3, 0.4) is 0 Å². The van der Waals surface area contributed by atoms with Gasteiger partial charge in [0.1, 0.15) is 5.75 Å². The van der Waals surface area contributed by atoms with Crippen molar-refractivity contribution in [3.8, 4) is 5.75 Å². The fourth-order valence-corrected chi connectivity index (χ4v) is 2.23. The third-order valence-electron chi connectivity index (χ3n) is 3.18. The summed E-state index contributed by atoms with van der Waals surface area (Å²) in [7, 11) is 0. The van der Waals surface area contributed by atoms with E-state index < -0.39 is 5.97 Å². The van der Waals surface area contributed by atoms with E-state index in [1.54, 1.807) is 0 Å². The van der Waals surface area contributed by atoms with Gasteiger partial charge < -0.3 is 4.74 Å². The smallest absolute Gasteiger partial charge is 0.335 e. The second-order valence-corrected chi connectivity index (χ2v) is 4.33. The van der Waals surface area contributed by atoms with Gasteiger partial charge >= 0.3 is 5.97 Å². The standard InChI is InChI=1S/C15H17O2/c1-2-15(16)17-14-10-8-13(9-11-14)12-6-4-3-5-7-12/h2-3,8-12H,1,4-7H2. The predicted octanol–water partition coefficient (Wildman–Crippen LogP) is 3.64. The summed E-state index contributed by atoms with van der Waals surface area (Å²) in [6.07, 6.45) is 8.40. The maximum absolute atomic E-state index is 11.0. The molecule has 1 aromatic rings. The van der Waals surface area contributed by atoms with E-state index in [0.717, 1.165) is 0 Å². The zero-order chi connectivity index (χ0) is 12.1. The Hall–Kier alpha value is -1.57. The van der Waals surface area contributed by atoms with Crippen molar-refractivity contribution in [1.82, 2.24) is 0 Å². The number of hydrogen-bond acceptors (Lipinski definition) is 2. The van der Waals surface area contributed by atoms with Crippen molar-refractivity contribution in [3.05, 3.63) is 48.9 Å². The lowest BCUT2D eigenvalue weighted by molar-refractivity contribution is -0.128. The number of carbonyl (C=O) groups excluding carboxylic acids is 1. The number of esters is 1. The molecule has 0 spiro atoms. The number of hydrogen-bond donors (Lipinski definition) is 0. The summed E-state index contributed by atoms with van der Waals surface area (Å²) in [5.74, 6) is 0.829. The lowest BCUT2D eigenvalue weighted by Gasteiger charge is -2.21. The van der Waals surface area contributed by atoms with Crippen LogP contribution in [0.2, 0.25) is 0 Å². The zero-order valence-electron chi connectivity index (χ0n) is 9.89. The molecule has 1 fully saturated rings. The fourth-order valence-electron chi connectivity index (χ4n) is 2.23. The van der Waals surface area contributed by atoms with Crippen molar-refractivity contribution in [2.24, 2.45) is 0 Å². The highest BCUT2D eigenvalue weighted by atomic mass is 16.5. The second kappa shape index (κ2) is 5.67. The highest BCUT2D eigenvalue weighted by Crippen LogP contribution is 2.32. The van der Waals surface area contributed by atoms with Crippen molar-refractivity contribution in [3.63, 3.8) is 0 Å². The lowest BCUT2D eigenvalue weighted by atomic mass is 9.84. The fraction of sp³-hybridized carbons (Fsp3) is 0.333. The highest BCUT2D eigenvalue weighted by molar-refractivity contribution is 5.83. The first-order valence-corrected chi connectivity index (χ1v) is 6.05. The van der Waals surface area contributed by atoms with E-state index in [4.69, 9.17) is 4.74 Å². The number of ether oxygens (including phenoxy) is 1. The lowest BCUT2D eigenvalue weighted by Crippen LogP contribution is -2.06. The van der Waals surface area contributed by atoms with Crippen molar-refractivity contribution < 1.29 is 9.53 Å². The van der Waals surface area contributed by atoms with Crippen LogP contribution in [0.1, 0.15) is 37.2 Å². The first-order chi connectivity index (χ1) is 8.29. The Morgan fingerprint density at radius 1 is 1.24 bits per heavy atom. The average Bonchev–Trinajstić information content (AvgIpc) is 2.40. The van der Waals surface area contributed by atoms with E-state index in [-0.39, 0.29) is 0 Å². The number of carbonyl (C=O) groups is 1. The van der Waals surface area contributed by atoms with E-state index in [0.29, 0.717) is 11.7 Å². The van der Waals surface area contributed by atoms with Crippen LogP contribution in [0.15, 0.2) is 36.9 Å². The van der Waals surface area contributed by atoms with Crippen molar-refractivity contribution >= 4 is 5.97 Å². The molecule has 1 aromatic carbocycles. The molecule has 0 atom stereocenters. The van der Waals surface area contributed by atoms with Crippen LogP contribution in [0, 0.1) is 6.42 Å². The molecule has 0 aromatic heterocycles. The highest BCUT2D eigenvalue weighted by Gasteiger charge is 2.15. The molecule has 1 aliphatic carbocycles. The van der Waals surface area contributed by atoms with Gasteiger partial charge in [0.2, 0.25) is 0 Å². The van der Waals surface area contributed by atoms with Gasteiger partial charge in [-0.25, -0.2) is 4.79 Å². The Balaban J connectivity index is 2.01. The van der Waals surface area contributed by atoms with Gasteiger partial charge in [-0.3, -0.25) is 0 Å². The molecule has 0 N–H and O–H groups in total. The summed E-state index contributed by atoms with van der Waals surface area (Å²) in [6.45, 7) is 3.37. The number of rotatable bonds is 3. The van der Waals surface area contributed by atoms with Crippen LogP contribution < -0.4 is 4.74 Å². The average molecular weight is 229 g/mol. The van der Waals surface area contributed by atoms with E-state index in [1.165, 1.54) is 37.3 Å². The van der Waals surface area contributed by atoms with Gasteiger partial charge in [0.25, 0.3) is 0 Å². The van der Waals surface area contributed by atoms with Crippen LogP contribution >= 0.6 is 0 Å². The Kier molecular flexibility index (Phi) is 3.97. The minimum atomic E-state index is -0.412. The summed E-state index contributed by atoms with van der Waals surface area (Å²) in [5, 5.41) is 0.